The van der Waals surface area contributed by atoms with E-state index in [1.165, 1.54) is 5.39 Å². The van der Waals surface area contributed by atoms with Gasteiger partial charge in [0.05, 0.1) is 5.69 Å². The number of fused-ring (bicyclic) bond motifs is 1. The molecule has 0 spiro atoms. The molecule has 2 heterocycles. The lowest BCUT2D eigenvalue weighted by Crippen LogP contribution is -2.04. The number of hydrogen-bond donors (Lipinski definition) is 2. The molecule has 0 radical (unpaired) electrons. The Morgan fingerprint density at radius 2 is 2.17 bits per heavy atom. The summed E-state index contributed by atoms with van der Waals surface area (Å²) in [6, 6.07) is 8.29. The maximum atomic E-state index is 4.67. The molecular weight excluding hydrogens is 224 g/mol. The van der Waals surface area contributed by atoms with Crippen molar-refractivity contribution in [1.82, 2.24) is 19.9 Å². The van der Waals surface area contributed by atoms with Crippen LogP contribution in [-0.2, 0) is 13.6 Å². The third kappa shape index (κ3) is 1.71. The summed E-state index contributed by atoms with van der Waals surface area (Å²) in [7, 11) is 3.96. The van der Waals surface area contributed by atoms with Gasteiger partial charge in [0.15, 0.2) is 0 Å². The summed E-state index contributed by atoms with van der Waals surface area (Å²) in [5, 5.41) is 4.33. The predicted molar refractivity (Wildman–Crippen MR) is 73.3 cm³/mol. The van der Waals surface area contributed by atoms with E-state index in [-0.39, 0.29) is 0 Å². The standard InChI is InChI=1S/C14H16N4/c1-15-7-10-9-18(2)14(17-10)12-8-16-13-6-4-3-5-11(12)13/h3-6,8-9,15-16H,7H2,1-2H3. The number of benzene rings is 1. The average molecular weight is 240 g/mol. The van der Waals surface area contributed by atoms with Crippen molar-refractivity contribution in [2.24, 2.45) is 7.05 Å². The Morgan fingerprint density at radius 3 is 3.00 bits per heavy atom. The Hall–Kier alpha value is -2.07. The number of para-hydroxylation sites is 1. The highest BCUT2D eigenvalue weighted by Crippen LogP contribution is 2.27. The van der Waals surface area contributed by atoms with Crippen LogP contribution in [0.4, 0.5) is 0 Å². The van der Waals surface area contributed by atoms with Gasteiger partial charge in [-0.25, -0.2) is 4.98 Å². The lowest BCUT2D eigenvalue weighted by Gasteiger charge is -1.99. The van der Waals surface area contributed by atoms with Crippen LogP contribution in [0.5, 0.6) is 0 Å². The van der Waals surface area contributed by atoms with Crippen LogP contribution in [0.25, 0.3) is 22.3 Å². The first-order valence-corrected chi connectivity index (χ1v) is 6.03. The van der Waals surface area contributed by atoms with Crippen molar-refractivity contribution in [3.8, 4) is 11.4 Å². The molecule has 0 aliphatic carbocycles. The molecule has 3 rings (SSSR count). The number of aromatic amines is 1. The minimum Gasteiger partial charge on any atom is -0.360 e. The minimum atomic E-state index is 0.788. The summed E-state index contributed by atoms with van der Waals surface area (Å²) in [6.07, 6.45) is 4.09. The Labute approximate surface area is 106 Å². The molecular formula is C14H16N4. The van der Waals surface area contributed by atoms with Crippen LogP contribution in [0.3, 0.4) is 0 Å². The average Bonchev–Trinajstić information content (AvgIpc) is 2.93. The smallest absolute Gasteiger partial charge is 0.142 e. The second kappa shape index (κ2) is 4.31. The third-order valence-corrected chi connectivity index (χ3v) is 3.11. The highest BCUT2D eigenvalue weighted by atomic mass is 15.1. The monoisotopic (exact) mass is 240 g/mol. The number of H-pyrrole nitrogens is 1. The van der Waals surface area contributed by atoms with Crippen LogP contribution in [0.2, 0.25) is 0 Å². The summed E-state index contributed by atoms with van der Waals surface area (Å²) in [5.41, 5.74) is 3.35. The molecule has 0 fully saturated rings. The van der Waals surface area contributed by atoms with Crippen LogP contribution < -0.4 is 5.32 Å². The van der Waals surface area contributed by atoms with E-state index in [1.807, 2.05) is 26.4 Å². The lowest BCUT2D eigenvalue weighted by atomic mass is 10.1. The summed E-state index contributed by atoms with van der Waals surface area (Å²) < 4.78 is 2.07. The SMILES string of the molecule is CNCc1cn(C)c(-c2c[nH]c3ccccc23)n1. The van der Waals surface area contributed by atoms with Crippen molar-refractivity contribution in [2.45, 2.75) is 6.54 Å². The predicted octanol–water partition coefficient (Wildman–Crippen LogP) is 2.29. The first-order chi connectivity index (χ1) is 8.79. The van der Waals surface area contributed by atoms with Crippen molar-refractivity contribution in [2.75, 3.05) is 7.05 Å². The second-order valence-corrected chi connectivity index (χ2v) is 4.45. The summed E-state index contributed by atoms with van der Waals surface area (Å²) in [5.74, 6) is 0.998. The van der Waals surface area contributed by atoms with E-state index in [2.05, 4.69) is 44.2 Å². The number of nitrogens with zero attached hydrogens (tertiary/aromatic N) is 2. The number of hydrogen-bond acceptors (Lipinski definition) is 2. The molecule has 0 aliphatic heterocycles. The van der Waals surface area contributed by atoms with E-state index in [9.17, 15) is 0 Å². The third-order valence-electron chi connectivity index (χ3n) is 3.11. The number of imidazole rings is 1. The number of rotatable bonds is 3. The topological polar surface area (TPSA) is 45.6 Å². The van der Waals surface area contributed by atoms with Gasteiger partial charge >= 0.3 is 0 Å². The molecule has 0 atom stereocenters. The summed E-state index contributed by atoms with van der Waals surface area (Å²) in [4.78, 5) is 7.96. The van der Waals surface area contributed by atoms with Crippen molar-refractivity contribution >= 4 is 10.9 Å². The normalized spacial score (nSPS) is 11.2. The molecule has 1 aromatic carbocycles. The van der Waals surface area contributed by atoms with Crippen LogP contribution in [0.1, 0.15) is 5.69 Å². The number of aryl methyl sites for hydroxylation is 1. The van der Waals surface area contributed by atoms with Gasteiger partial charge in [-0.2, -0.15) is 0 Å². The van der Waals surface area contributed by atoms with E-state index >= 15 is 0 Å². The van der Waals surface area contributed by atoms with Crippen molar-refractivity contribution < 1.29 is 0 Å². The molecule has 92 valence electrons. The maximum absolute atomic E-state index is 4.67. The van der Waals surface area contributed by atoms with Crippen LogP contribution in [-0.4, -0.2) is 21.6 Å². The quantitative estimate of drug-likeness (QED) is 0.737. The van der Waals surface area contributed by atoms with Gasteiger partial charge in [-0.05, 0) is 13.1 Å². The Balaban J connectivity index is 2.14. The fourth-order valence-electron chi connectivity index (χ4n) is 2.30. The molecule has 0 saturated heterocycles. The van der Waals surface area contributed by atoms with Crippen molar-refractivity contribution in [3.63, 3.8) is 0 Å². The fraction of sp³-hybridized carbons (Fsp3) is 0.214. The van der Waals surface area contributed by atoms with Crippen molar-refractivity contribution in [1.29, 1.82) is 0 Å². The highest BCUT2D eigenvalue weighted by Gasteiger charge is 2.11. The Morgan fingerprint density at radius 1 is 1.33 bits per heavy atom. The van der Waals surface area contributed by atoms with Crippen molar-refractivity contribution in [3.05, 3.63) is 42.4 Å². The van der Waals surface area contributed by atoms with Gasteiger partial charge in [0.25, 0.3) is 0 Å². The lowest BCUT2D eigenvalue weighted by molar-refractivity contribution is 0.795. The van der Waals surface area contributed by atoms with Gasteiger partial charge in [-0.15, -0.1) is 0 Å². The zero-order chi connectivity index (χ0) is 12.5. The number of nitrogens with one attached hydrogen (secondary N) is 2. The zero-order valence-corrected chi connectivity index (χ0v) is 10.6. The van der Waals surface area contributed by atoms with Crippen LogP contribution in [0.15, 0.2) is 36.7 Å². The largest absolute Gasteiger partial charge is 0.360 e. The Bertz CT molecular complexity index is 678. The summed E-state index contributed by atoms with van der Waals surface area (Å²) >= 11 is 0. The van der Waals surface area contributed by atoms with E-state index in [4.69, 9.17) is 0 Å². The second-order valence-electron chi connectivity index (χ2n) is 4.45. The van der Waals surface area contributed by atoms with Gasteiger partial charge < -0.3 is 14.9 Å². The van der Waals surface area contributed by atoms with Gasteiger partial charge in [-0.3, -0.25) is 0 Å². The van der Waals surface area contributed by atoms with Gasteiger partial charge in [-0.1, -0.05) is 18.2 Å². The van der Waals surface area contributed by atoms with E-state index in [0.717, 1.165) is 29.1 Å². The van der Waals surface area contributed by atoms with E-state index < -0.39 is 0 Å². The molecule has 4 nitrogen and oxygen atoms in total. The first kappa shape index (κ1) is 11.0. The molecule has 0 aliphatic rings. The summed E-state index contributed by atoms with van der Waals surface area (Å²) in [6.45, 7) is 0.788. The van der Waals surface area contributed by atoms with Crippen LogP contribution >= 0.6 is 0 Å². The molecule has 0 bridgehead atoms. The van der Waals surface area contributed by atoms with Gasteiger partial charge in [0, 0.05) is 42.5 Å². The minimum absolute atomic E-state index is 0.788. The van der Waals surface area contributed by atoms with Gasteiger partial charge in [0.1, 0.15) is 5.82 Å². The van der Waals surface area contributed by atoms with E-state index in [0.29, 0.717) is 0 Å². The molecule has 0 unspecified atom stereocenters. The molecule has 18 heavy (non-hydrogen) atoms. The van der Waals surface area contributed by atoms with Crippen LogP contribution in [0, 0.1) is 0 Å². The van der Waals surface area contributed by atoms with E-state index in [1.54, 1.807) is 0 Å². The first-order valence-electron chi connectivity index (χ1n) is 6.03. The molecule has 3 aromatic rings. The molecule has 0 amide bonds. The molecule has 4 heteroatoms. The molecule has 2 aromatic heterocycles. The molecule has 0 saturated carbocycles. The maximum Gasteiger partial charge on any atom is 0.142 e. The zero-order valence-electron chi connectivity index (χ0n) is 10.6. The van der Waals surface area contributed by atoms with Gasteiger partial charge in [0.2, 0.25) is 0 Å². The highest BCUT2D eigenvalue weighted by molar-refractivity contribution is 5.93. The number of aromatic nitrogens is 3. The Kier molecular flexibility index (Phi) is 2.64. The fourth-order valence-corrected chi connectivity index (χ4v) is 2.30. The molecule has 2 N–H and O–H groups in total.